The van der Waals surface area contributed by atoms with Gasteiger partial charge in [-0.2, -0.15) is 5.26 Å². The maximum atomic E-state index is 13.8. The monoisotopic (exact) mass is 278 g/mol. The molecular weight excluding hydrogens is 270 g/mol. The number of hydrogen-bond acceptors (Lipinski definition) is 2. The predicted octanol–water partition coefficient (Wildman–Crippen LogP) is 4.54. The van der Waals surface area contributed by atoms with Gasteiger partial charge in [-0.15, -0.1) is 0 Å². The highest BCUT2D eigenvalue weighted by Crippen LogP contribution is 2.31. The van der Waals surface area contributed by atoms with Crippen molar-refractivity contribution in [2.45, 2.75) is 6.92 Å². The van der Waals surface area contributed by atoms with Crippen molar-refractivity contribution < 1.29 is 8.78 Å². The Bertz CT molecular complexity index is 634. The van der Waals surface area contributed by atoms with Crippen LogP contribution in [0.25, 0.3) is 0 Å². The Morgan fingerprint density at radius 3 is 2.32 bits per heavy atom. The maximum Gasteiger partial charge on any atom is 0.150 e. The number of nitriles is 1. The molecule has 0 saturated heterocycles. The number of nitrogens with one attached hydrogen (secondary N) is 1. The molecule has 0 aromatic heterocycles. The van der Waals surface area contributed by atoms with E-state index in [0.717, 1.165) is 17.7 Å². The van der Waals surface area contributed by atoms with Crippen LogP contribution in [-0.4, -0.2) is 0 Å². The fourth-order valence-corrected chi connectivity index (χ4v) is 1.94. The second kappa shape index (κ2) is 5.25. The molecule has 2 rings (SSSR count). The van der Waals surface area contributed by atoms with Crippen molar-refractivity contribution in [2.24, 2.45) is 0 Å². The number of rotatable bonds is 2. The van der Waals surface area contributed by atoms with Crippen LogP contribution in [0.3, 0.4) is 0 Å². The lowest BCUT2D eigenvalue weighted by Gasteiger charge is -2.13. The molecule has 2 aromatic carbocycles. The van der Waals surface area contributed by atoms with Crippen molar-refractivity contribution in [3.63, 3.8) is 0 Å². The third kappa shape index (κ3) is 2.67. The Morgan fingerprint density at radius 2 is 1.79 bits per heavy atom. The number of hydrogen-bond donors (Lipinski definition) is 1. The van der Waals surface area contributed by atoms with Crippen molar-refractivity contribution in [2.75, 3.05) is 5.32 Å². The average Bonchev–Trinajstić information content (AvgIpc) is 2.36. The zero-order valence-electron chi connectivity index (χ0n) is 9.97. The Labute approximate surface area is 114 Å². The first-order valence-electron chi connectivity index (χ1n) is 5.44. The van der Waals surface area contributed by atoms with E-state index in [1.807, 2.05) is 0 Å². The summed E-state index contributed by atoms with van der Waals surface area (Å²) in [6.45, 7) is 1.77. The Hall–Kier alpha value is -2.12. The van der Waals surface area contributed by atoms with Gasteiger partial charge in [0.15, 0.2) is 11.6 Å². The Morgan fingerprint density at radius 1 is 1.16 bits per heavy atom. The van der Waals surface area contributed by atoms with Crippen LogP contribution >= 0.6 is 11.6 Å². The fourth-order valence-electron chi connectivity index (χ4n) is 1.67. The lowest BCUT2D eigenvalue weighted by atomic mass is 10.1. The third-order valence-corrected chi connectivity index (χ3v) is 2.96. The van der Waals surface area contributed by atoms with Gasteiger partial charge >= 0.3 is 0 Å². The lowest BCUT2D eigenvalue weighted by molar-refractivity contribution is 0.590. The van der Waals surface area contributed by atoms with E-state index >= 15 is 0 Å². The molecule has 0 atom stereocenters. The van der Waals surface area contributed by atoms with Crippen molar-refractivity contribution in [1.29, 1.82) is 5.26 Å². The molecule has 2 nitrogen and oxygen atoms in total. The first kappa shape index (κ1) is 13.3. The van der Waals surface area contributed by atoms with Gasteiger partial charge in [0.05, 0.1) is 22.3 Å². The molecular formula is C14H9ClF2N2. The molecule has 0 bridgehead atoms. The van der Waals surface area contributed by atoms with Gasteiger partial charge in [-0.25, -0.2) is 8.78 Å². The molecule has 0 heterocycles. The lowest BCUT2D eigenvalue weighted by Crippen LogP contribution is -2.00. The SMILES string of the molecule is Cc1cccc(Cl)c1Nc1c(F)cc(C#N)cc1F. The van der Waals surface area contributed by atoms with Gasteiger partial charge in [0.1, 0.15) is 5.69 Å². The summed E-state index contributed by atoms with van der Waals surface area (Å²) in [7, 11) is 0. The fraction of sp³-hybridized carbons (Fsp3) is 0.0714. The van der Waals surface area contributed by atoms with Crippen LogP contribution in [0, 0.1) is 29.9 Å². The van der Waals surface area contributed by atoms with Gasteiger partial charge in [0.25, 0.3) is 0 Å². The number of para-hydroxylation sites is 1. The van der Waals surface area contributed by atoms with Crippen LogP contribution in [0.5, 0.6) is 0 Å². The van der Waals surface area contributed by atoms with Gasteiger partial charge in [-0.3, -0.25) is 0 Å². The van der Waals surface area contributed by atoms with Crippen LogP contribution in [0.1, 0.15) is 11.1 Å². The normalized spacial score (nSPS) is 10.1. The zero-order chi connectivity index (χ0) is 14.0. The molecule has 0 aliphatic heterocycles. The van der Waals surface area contributed by atoms with Crippen molar-refractivity contribution in [1.82, 2.24) is 0 Å². The highest BCUT2D eigenvalue weighted by molar-refractivity contribution is 6.33. The second-order valence-electron chi connectivity index (χ2n) is 3.98. The summed E-state index contributed by atoms with van der Waals surface area (Å²) >= 11 is 5.98. The summed E-state index contributed by atoms with van der Waals surface area (Å²) in [6.07, 6.45) is 0. The minimum Gasteiger partial charge on any atom is -0.349 e. The van der Waals surface area contributed by atoms with Gasteiger partial charge in [0.2, 0.25) is 0 Å². The standard InChI is InChI=1S/C14H9ClF2N2/c1-8-3-2-4-10(15)13(8)19-14-11(16)5-9(7-18)6-12(14)17/h2-6,19H,1H3. The van der Waals surface area contributed by atoms with E-state index in [9.17, 15) is 8.78 Å². The molecule has 1 N–H and O–H groups in total. The summed E-state index contributed by atoms with van der Waals surface area (Å²) in [6, 6.07) is 8.77. The van der Waals surface area contributed by atoms with Crippen LogP contribution < -0.4 is 5.32 Å². The number of anilines is 2. The van der Waals surface area contributed by atoms with E-state index < -0.39 is 11.6 Å². The molecule has 19 heavy (non-hydrogen) atoms. The van der Waals surface area contributed by atoms with Crippen LogP contribution in [-0.2, 0) is 0 Å². The molecule has 2 aromatic rings. The molecule has 0 unspecified atom stereocenters. The average molecular weight is 279 g/mol. The van der Waals surface area contributed by atoms with Gasteiger partial charge in [-0.1, -0.05) is 23.7 Å². The van der Waals surface area contributed by atoms with Gasteiger partial charge in [-0.05, 0) is 30.7 Å². The van der Waals surface area contributed by atoms with E-state index in [2.05, 4.69) is 5.32 Å². The minimum atomic E-state index is -0.837. The van der Waals surface area contributed by atoms with Crippen LogP contribution in [0.15, 0.2) is 30.3 Å². The van der Waals surface area contributed by atoms with Crippen LogP contribution in [0.4, 0.5) is 20.2 Å². The molecule has 0 aliphatic rings. The molecule has 5 heteroatoms. The second-order valence-corrected chi connectivity index (χ2v) is 4.39. The quantitative estimate of drug-likeness (QED) is 0.875. The number of aryl methyl sites for hydroxylation is 1. The largest absolute Gasteiger partial charge is 0.349 e. The predicted molar refractivity (Wildman–Crippen MR) is 70.5 cm³/mol. The molecule has 0 spiro atoms. The number of halogens is 3. The molecule has 0 saturated carbocycles. The molecule has 0 aliphatic carbocycles. The Kier molecular flexibility index (Phi) is 3.68. The minimum absolute atomic E-state index is 0.0727. The Balaban J connectivity index is 2.48. The number of benzene rings is 2. The van der Waals surface area contributed by atoms with Crippen molar-refractivity contribution >= 4 is 23.0 Å². The smallest absolute Gasteiger partial charge is 0.150 e. The van der Waals surface area contributed by atoms with E-state index in [1.165, 1.54) is 0 Å². The topological polar surface area (TPSA) is 35.8 Å². The first-order chi connectivity index (χ1) is 9.02. The summed E-state index contributed by atoms with van der Waals surface area (Å²) in [5, 5.41) is 11.6. The molecule has 0 radical (unpaired) electrons. The van der Waals surface area contributed by atoms with Crippen molar-refractivity contribution in [3.05, 3.63) is 58.1 Å². The van der Waals surface area contributed by atoms with E-state index in [-0.39, 0.29) is 11.3 Å². The molecule has 0 amide bonds. The van der Waals surface area contributed by atoms with E-state index in [4.69, 9.17) is 16.9 Å². The number of nitrogens with zero attached hydrogens (tertiary/aromatic N) is 1. The first-order valence-corrected chi connectivity index (χ1v) is 5.82. The third-order valence-electron chi connectivity index (χ3n) is 2.64. The van der Waals surface area contributed by atoms with E-state index in [1.54, 1.807) is 31.2 Å². The van der Waals surface area contributed by atoms with Gasteiger partial charge < -0.3 is 5.32 Å². The highest BCUT2D eigenvalue weighted by Gasteiger charge is 2.13. The summed E-state index contributed by atoms with van der Waals surface area (Å²) in [5.74, 6) is -1.67. The summed E-state index contributed by atoms with van der Waals surface area (Å²) in [4.78, 5) is 0. The molecule has 0 fully saturated rings. The molecule has 96 valence electrons. The zero-order valence-corrected chi connectivity index (χ0v) is 10.7. The van der Waals surface area contributed by atoms with E-state index in [0.29, 0.717) is 10.7 Å². The summed E-state index contributed by atoms with van der Waals surface area (Å²) < 4.78 is 27.5. The summed E-state index contributed by atoms with van der Waals surface area (Å²) in [5.41, 5.74) is 0.800. The van der Waals surface area contributed by atoms with Crippen LogP contribution in [0.2, 0.25) is 5.02 Å². The highest BCUT2D eigenvalue weighted by atomic mass is 35.5. The maximum absolute atomic E-state index is 13.8. The van der Waals surface area contributed by atoms with Crippen molar-refractivity contribution in [3.8, 4) is 6.07 Å². The van der Waals surface area contributed by atoms with Gasteiger partial charge in [0, 0.05) is 0 Å².